The molecule has 0 aliphatic carbocycles. The van der Waals surface area contributed by atoms with Gasteiger partial charge in [-0.25, -0.2) is 4.39 Å². The molecule has 16 heavy (non-hydrogen) atoms. The number of alkyl halides is 1. The van der Waals surface area contributed by atoms with Crippen LogP contribution in [0.15, 0.2) is 0 Å². The molecule has 0 saturated carbocycles. The number of hydrogen-bond acceptors (Lipinski definition) is 4. The summed E-state index contributed by atoms with van der Waals surface area (Å²) < 4.78 is 35.8. The molecule has 0 aromatic heterocycles. The van der Waals surface area contributed by atoms with Crippen LogP contribution in [0.2, 0.25) is 0 Å². The summed E-state index contributed by atoms with van der Waals surface area (Å²) in [4.78, 5) is 0. The van der Waals surface area contributed by atoms with E-state index < -0.39 is 19.6 Å². The molecule has 0 rings (SSSR count). The zero-order valence-corrected chi connectivity index (χ0v) is 11.4. The normalized spacial score (nSPS) is 16.4. The third kappa shape index (κ3) is 4.91. The first kappa shape index (κ1) is 16.0. The summed E-state index contributed by atoms with van der Waals surface area (Å²) in [5, 5.41) is 0. The van der Waals surface area contributed by atoms with Gasteiger partial charge in [-0.15, -0.1) is 0 Å². The van der Waals surface area contributed by atoms with E-state index >= 15 is 0 Å². The average Bonchev–Trinajstić information content (AvgIpc) is 2.16. The fourth-order valence-electron chi connectivity index (χ4n) is 1.43. The molecule has 0 unspecified atom stereocenters. The predicted molar refractivity (Wildman–Crippen MR) is 63.2 cm³/mol. The van der Waals surface area contributed by atoms with E-state index in [1.165, 1.54) is 0 Å². The molecule has 2 N–H and O–H groups in total. The molecule has 0 aromatic carbocycles. The van der Waals surface area contributed by atoms with Crippen LogP contribution in [0.5, 0.6) is 0 Å². The minimum Gasteiger partial charge on any atom is -0.325 e. The van der Waals surface area contributed by atoms with Gasteiger partial charge in [0.2, 0.25) is 5.91 Å². The Morgan fingerprint density at radius 3 is 2.00 bits per heavy atom. The lowest BCUT2D eigenvalue weighted by Gasteiger charge is -2.25. The standard InChI is InChI=1S/C10H23FNO3P/c1-5-14-16(13,15-6-2)10(11)9(12)7-8(3)4/h8-10H,5-7,12H2,1-4H3/t9-,10+/m0/s1. The Morgan fingerprint density at radius 2 is 1.69 bits per heavy atom. The molecule has 98 valence electrons. The van der Waals surface area contributed by atoms with Crippen LogP contribution in [0.3, 0.4) is 0 Å². The van der Waals surface area contributed by atoms with Crippen molar-refractivity contribution >= 4 is 7.60 Å². The van der Waals surface area contributed by atoms with Crippen molar-refractivity contribution in [2.75, 3.05) is 13.2 Å². The lowest BCUT2D eigenvalue weighted by molar-refractivity contribution is 0.177. The van der Waals surface area contributed by atoms with Gasteiger partial charge in [0.25, 0.3) is 0 Å². The van der Waals surface area contributed by atoms with Crippen LogP contribution in [0, 0.1) is 5.92 Å². The Hall–Kier alpha value is 0.0400. The highest BCUT2D eigenvalue weighted by Crippen LogP contribution is 2.54. The van der Waals surface area contributed by atoms with Gasteiger partial charge in [-0.2, -0.15) is 0 Å². The summed E-state index contributed by atoms with van der Waals surface area (Å²) in [7, 11) is -3.71. The summed E-state index contributed by atoms with van der Waals surface area (Å²) >= 11 is 0. The highest BCUT2D eigenvalue weighted by atomic mass is 31.2. The maximum Gasteiger partial charge on any atom is 0.366 e. The van der Waals surface area contributed by atoms with Crippen LogP contribution in [0.25, 0.3) is 0 Å². The second-order valence-electron chi connectivity index (χ2n) is 4.04. The molecule has 6 heteroatoms. The first-order valence-corrected chi connectivity index (χ1v) is 7.27. The number of nitrogens with two attached hydrogens (primary N) is 1. The van der Waals surface area contributed by atoms with Crippen LogP contribution in [0.4, 0.5) is 4.39 Å². The van der Waals surface area contributed by atoms with Crippen molar-refractivity contribution in [1.82, 2.24) is 0 Å². The van der Waals surface area contributed by atoms with Crippen LogP contribution in [0.1, 0.15) is 34.1 Å². The van der Waals surface area contributed by atoms with Gasteiger partial charge >= 0.3 is 7.60 Å². The van der Waals surface area contributed by atoms with E-state index in [-0.39, 0.29) is 19.1 Å². The first-order valence-electron chi connectivity index (χ1n) is 5.65. The molecule has 0 bridgehead atoms. The van der Waals surface area contributed by atoms with Gasteiger partial charge in [-0.1, -0.05) is 13.8 Å². The van der Waals surface area contributed by atoms with E-state index in [4.69, 9.17) is 14.8 Å². The summed E-state index contributed by atoms with van der Waals surface area (Å²) in [6.45, 7) is 7.44. The Morgan fingerprint density at radius 1 is 1.25 bits per heavy atom. The molecule has 0 aromatic rings. The summed E-state index contributed by atoms with van der Waals surface area (Å²) in [5.74, 6) is -1.51. The van der Waals surface area contributed by atoms with Crippen molar-refractivity contribution in [2.24, 2.45) is 11.7 Å². The Labute approximate surface area is 97.2 Å². The summed E-state index contributed by atoms with van der Waals surface area (Å²) in [6.07, 6.45) is 0.450. The van der Waals surface area contributed by atoms with Crippen molar-refractivity contribution in [1.29, 1.82) is 0 Å². The van der Waals surface area contributed by atoms with Crippen molar-refractivity contribution < 1.29 is 18.0 Å². The second-order valence-corrected chi connectivity index (χ2v) is 6.13. The molecule has 4 nitrogen and oxygen atoms in total. The molecule has 0 saturated heterocycles. The largest absolute Gasteiger partial charge is 0.366 e. The van der Waals surface area contributed by atoms with Gasteiger partial charge in [0.05, 0.1) is 13.2 Å². The maximum absolute atomic E-state index is 13.9. The average molecular weight is 255 g/mol. The molecule has 0 fully saturated rings. The molecular formula is C10H23FNO3P. The lowest BCUT2D eigenvalue weighted by Crippen LogP contribution is -2.34. The zero-order chi connectivity index (χ0) is 12.8. The third-order valence-electron chi connectivity index (χ3n) is 2.02. The Bertz CT molecular complexity index is 228. The van der Waals surface area contributed by atoms with Gasteiger partial charge in [-0.05, 0) is 26.2 Å². The number of rotatable bonds is 8. The molecule has 0 amide bonds. The van der Waals surface area contributed by atoms with Crippen molar-refractivity contribution in [3.63, 3.8) is 0 Å². The predicted octanol–water partition coefficient (Wildman–Crippen LogP) is 2.92. The Balaban J connectivity index is 4.59. The van der Waals surface area contributed by atoms with E-state index in [0.717, 1.165) is 0 Å². The highest BCUT2D eigenvalue weighted by Gasteiger charge is 2.40. The van der Waals surface area contributed by atoms with E-state index in [1.807, 2.05) is 13.8 Å². The van der Waals surface area contributed by atoms with Gasteiger partial charge in [-0.3, -0.25) is 4.57 Å². The van der Waals surface area contributed by atoms with E-state index in [0.29, 0.717) is 6.42 Å². The van der Waals surface area contributed by atoms with Crippen molar-refractivity contribution in [3.05, 3.63) is 0 Å². The van der Waals surface area contributed by atoms with Crippen molar-refractivity contribution in [2.45, 2.75) is 46.1 Å². The number of hydrogen-bond donors (Lipinski definition) is 1. The van der Waals surface area contributed by atoms with Gasteiger partial charge in [0.1, 0.15) is 0 Å². The third-order valence-corrected chi connectivity index (χ3v) is 4.24. The monoisotopic (exact) mass is 255 g/mol. The van der Waals surface area contributed by atoms with Crippen LogP contribution < -0.4 is 5.73 Å². The van der Waals surface area contributed by atoms with Crippen LogP contribution >= 0.6 is 7.60 Å². The minimum atomic E-state index is -3.71. The summed E-state index contributed by atoms with van der Waals surface area (Å²) in [5.41, 5.74) is 5.66. The first-order chi connectivity index (χ1) is 7.37. The fraction of sp³-hybridized carbons (Fsp3) is 1.00. The van der Waals surface area contributed by atoms with Gasteiger partial charge in [0, 0.05) is 6.04 Å². The molecule has 0 spiro atoms. The smallest absolute Gasteiger partial charge is 0.325 e. The summed E-state index contributed by atoms with van der Waals surface area (Å²) in [6, 6.07) is -0.816. The second kappa shape index (κ2) is 7.38. The van der Waals surface area contributed by atoms with Crippen LogP contribution in [-0.4, -0.2) is 25.2 Å². The molecule has 0 radical (unpaired) electrons. The van der Waals surface area contributed by atoms with E-state index in [2.05, 4.69) is 0 Å². The lowest BCUT2D eigenvalue weighted by atomic mass is 10.1. The SMILES string of the molecule is CCOP(=O)(OCC)[C@@H](F)[C@@H](N)CC(C)C. The van der Waals surface area contributed by atoms with E-state index in [9.17, 15) is 8.96 Å². The fourth-order valence-corrected chi connectivity index (χ4v) is 3.10. The Kier molecular flexibility index (Phi) is 7.40. The van der Waals surface area contributed by atoms with Gasteiger partial charge in [0.15, 0.2) is 0 Å². The number of halogens is 1. The molecule has 0 aliphatic heterocycles. The maximum atomic E-state index is 13.9. The van der Waals surface area contributed by atoms with E-state index in [1.54, 1.807) is 13.8 Å². The zero-order valence-electron chi connectivity index (χ0n) is 10.5. The molecule has 2 atom stereocenters. The molecule has 0 heterocycles. The highest BCUT2D eigenvalue weighted by molar-refractivity contribution is 7.54. The topological polar surface area (TPSA) is 61.5 Å². The molecular weight excluding hydrogens is 232 g/mol. The molecule has 0 aliphatic rings. The minimum absolute atomic E-state index is 0.145. The van der Waals surface area contributed by atoms with Crippen LogP contribution in [-0.2, 0) is 13.6 Å². The van der Waals surface area contributed by atoms with Crippen molar-refractivity contribution in [3.8, 4) is 0 Å². The van der Waals surface area contributed by atoms with Gasteiger partial charge < -0.3 is 14.8 Å². The quantitative estimate of drug-likeness (QED) is 0.677.